The predicted molar refractivity (Wildman–Crippen MR) is 109 cm³/mol. The maximum Gasteiger partial charge on any atom is 0.394 e. The van der Waals surface area contributed by atoms with E-state index in [1.54, 1.807) is 72.8 Å². The topological polar surface area (TPSA) is 86.6 Å². The van der Waals surface area contributed by atoms with E-state index in [1.807, 2.05) is 6.07 Å². The highest BCUT2D eigenvalue weighted by Crippen LogP contribution is 2.17. The van der Waals surface area contributed by atoms with Gasteiger partial charge < -0.3 is 9.59 Å². The fourth-order valence-electron chi connectivity index (χ4n) is 2.47. The van der Waals surface area contributed by atoms with Crippen LogP contribution in [0.15, 0.2) is 95.5 Å². The molecule has 0 heterocycles. The van der Waals surface area contributed by atoms with E-state index >= 15 is 0 Å². The Balaban J connectivity index is 1.72. The quantitative estimate of drug-likeness (QED) is 0.558. The Kier molecular flexibility index (Phi) is 5.57. The number of benzene rings is 3. The smallest absolute Gasteiger partial charge is 0.394 e. The fourth-order valence-corrected chi connectivity index (χ4v) is 4.85. The molecule has 0 aromatic heterocycles. The van der Waals surface area contributed by atoms with Crippen molar-refractivity contribution in [2.45, 2.75) is 4.90 Å². The van der Waals surface area contributed by atoms with Gasteiger partial charge in [0.2, 0.25) is 0 Å². The molecule has 3 rings (SSSR count). The molecule has 0 saturated carbocycles. The summed E-state index contributed by atoms with van der Waals surface area (Å²) >= 11 is 0. The number of anilines is 1. The van der Waals surface area contributed by atoms with Crippen LogP contribution >= 0.6 is 0 Å². The molecule has 0 radical (unpaired) electrons. The summed E-state index contributed by atoms with van der Waals surface area (Å²) in [6.45, 7) is 0. The molecule has 0 aliphatic heterocycles. The SMILES string of the molecule is O=S(=O)(Nc1ccc(/C=C/[Si](O)(O)c2ccccc2)cc1)c1ccccc1. The third-order valence-corrected chi connectivity index (χ3v) is 7.13. The summed E-state index contributed by atoms with van der Waals surface area (Å²) < 4.78 is 27.1. The maximum atomic E-state index is 12.3. The van der Waals surface area contributed by atoms with Crippen LogP contribution in [0.3, 0.4) is 0 Å². The Morgan fingerprint density at radius 2 is 1.33 bits per heavy atom. The van der Waals surface area contributed by atoms with Crippen molar-refractivity contribution in [2.75, 3.05) is 4.72 Å². The van der Waals surface area contributed by atoms with Gasteiger partial charge in [0.15, 0.2) is 0 Å². The van der Waals surface area contributed by atoms with Crippen LogP contribution in [0.5, 0.6) is 0 Å². The highest BCUT2D eigenvalue weighted by molar-refractivity contribution is 7.92. The van der Waals surface area contributed by atoms with Crippen LogP contribution in [0.4, 0.5) is 5.69 Å². The van der Waals surface area contributed by atoms with Gasteiger partial charge in [0.1, 0.15) is 0 Å². The summed E-state index contributed by atoms with van der Waals surface area (Å²) in [7, 11) is -7.29. The minimum atomic E-state index is -3.65. The van der Waals surface area contributed by atoms with Gasteiger partial charge in [-0.1, -0.05) is 66.7 Å². The molecule has 0 bridgehead atoms. The molecule has 3 aromatic carbocycles. The second-order valence-corrected chi connectivity index (χ2v) is 10.0. The van der Waals surface area contributed by atoms with Crippen molar-refractivity contribution < 1.29 is 18.0 Å². The summed E-state index contributed by atoms with van der Waals surface area (Å²) in [5, 5.41) is 0.494. The zero-order valence-corrected chi connectivity index (χ0v) is 16.2. The van der Waals surface area contributed by atoms with Gasteiger partial charge in [0.25, 0.3) is 10.0 Å². The van der Waals surface area contributed by atoms with Crippen molar-refractivity contribution in [1.82, 2.24) is 0 Å². The van der Waals surface area contributed by atoms with Crippen LogP contribution < -0.4 is 9.91 Å². The molecular formula is C20H19NO4SSi. The number of hydrogen-bond donors (Lipinski definition) is 3. The Hall–Kier alpha value is -2.71. The lowest BCUT2D eigenvalue weighted by molar-refractivity contribution is 0.400. The Labute approximate surface area is 159 Å². The minimum absolute atomic E-state index is 0.188. The van der Waals surface area contributed by atoms with E-state index in [4.69, 9.17) is 0 Å². The average molecular weight is 398 g/mol. The normalized spacial score (nSPS) is 12.2. The van der Waals surface area contributed by atoms with E-state index in [0.717, 1.165) is 5.56 Å². The molecule has 0 aliphatic rings. The number of nitrogens with one attached hydrogen (secondary N) is 1. The van der Waals surface area contributed by atoms with E-state index in [0.29, 0.717) is 10.9 Å². The van der Waals surface area contributed by atoms with Crippen LogP contribution in [0, 0.1) is 0 Å². The summed E-state index contributed by atoms with van der Waals surface area (Å²) in [6.07, 6.45) is 1.62. The van der Waals surface area contributed by atoms with Crippen molar-refractivity contribution in [3.8, 4) is 0 Å². The third kappa shape index (κ3) is 4.93. The first-order valence-corrected chi connectivity index (χ1v) is 11.7. The number of hydrogen-bond acceptors (Lipinski definition) is 4. The zero-order valence-electron chi connectivity index (χ0n) is 14.4. The van der Waals surface area contributed by atoms with Crippen LogP contribution in [-0.4, -0.2) is 26.6 Å². The highest BCUT2D eigenvalue weighted by atomic mass is 32.2. The summed E-state index contributed by atoms with van der Waals surface area (Å²) in [5.74, 6) is 0. The Bertz CT molecular complexity index is 1020. The standard InChI is InChI=1S/C20H19NO4SSi/c22-26(23,19-7-3-1-4-8-19)21-18-13-11-17(12-14-18)15-16-27(24,25)20-9-5-2-6-10-20/h1-16,21,24-25H/b16-15+. The zero-order chi connectivity index (χ0) is 19.3. The van der Waals surface area contributed by atoms with Crippen LogP contribution in [-0.2, 0) is 10.0 Å². The van der Waals surface area contributed by atoms with Gasteiger partial charge in [0, 0.05) is 5.69 Å². The van der Waals surface area contributed by atoms with Crippen LogP contribution in [0.2, 0.25) is 0 Å². The van der Waals surface area contributed by atoms with Gasteiger partial charge >= 0.3 is 8.56 Å². The van der Waals surface area contributed by atoms with E-state index in [2.05, 4.69) is 4.72 Å². The molecule has 0 saturated heterocycles. The first-order valence-electron chi connectivity index (χ1n) is 8.24. The fraction of sp³-hybridized carbons (Fsp3) is 0. The maximum absolute atomic E-state index is 12.3. The van der Waals surface area contributed by atoms with E-state index in [1.165, 1.54) is 17.8 Å². The molecule has 0 aliphatic carbocycles. The predicted octanol–water partition coefficient (Wildman–Crippen LogP) is 2.37. The van der Waals surface area contributed by atoms with Crippen molar-refractivity contribution in [1.29, 1.82) is 0 Å². The average Bonchev–Trinajstić information content (AvgIpc) is 2.69. The Morgan fingerprint density at radius 1 is 0.778 bits per heavy atom. The van der Waals surface area contributed by atoms with Crippen molar-refractivity contribution in [3.63, 3.8) is 0 Å². The van der Waals surface area contributed by atoms with Gasteiger partial charge in [-0.25, -0.2) is 8.42 Å². The van der Waals surface area contributed by atoms with Gasteiger partial charge in [-0.05, 0) is 40.7 Å². The lowest BCUT2D eigenvalue weighted by atomic mass is 10.2. The molecular weight excluding hydrogens is 378 g/mol. The molecule has 7 heteroatoms. The third-order valence-electron chi connectivity index (χ3n) is 3.92. The van der Waals surface area contributed by atoms with Gasteiger partial charge in [-0.15, -0.1) is 0 Å². The molecule has 0 amide bonds. The van der Waals surface area contributed by atoms with E-state index < -0.39 is 18.6 Å². The van der Waals surface area contributed by atoms with Gasteiger partial charge in [-0.2, -0.15) is 0 Å². The molecule has 0 spiro atoms. The lowest BCUT2D eigenvalue weighted by Gasteiger charge is -2.13. The summed E-state index contributed by atoms with van der Waals surface area (Å²) in [5.41, 5.74) is 2.56. The van der Waals surface area contributed by atoms with Crippen molar-refractivity contribution in [3.05, 3.63) is 96.2 Å². The van der Waals surface area contributed by atoms with Gasteiger partial charge in [0.05, 0.1) is 4.90 Å². The van der Waals surface area contributed by atoms with Crippen molar-refractivity contribution in [2.24, 2.45) is 0 Å². The van der Waals surface area contributed by atoms with Gasteiger partial charge in [-0.3, -0.25) is 4.72 Å². The molecule has 138 valence electrons. The van der Waals surface area contributed by atoms with Crippen molar-refractivity contribution >= 4 is 35.5 Å². The molecule has 3 N–H and O–H groups in total. The lowest BCUT2D eigenvalue weighted by Crippen LogP contribution is -2.46. The molecule has 5 nitrogen and oxygen atoms in total. The number of sulfonamides is 1. The first-order chi connectivity index (χ1) is 12.9. The second kappa shape index (κ2) is 7.89. The van der Waals surface area contributed by atoms with E-state index in [-0.39, 0.29) is 4.90 Å². The molecule has 0 atom stereocenters. The first kappa shape index (κ1) is 19.1. The summed E-state index contributed by atoms with van der Waals surface area (Å²) in [6, 6.07) is 23.5. The van der Waals surface area contributed by atoms with E-state index in [9.17, 15) is 18.0 Å². The monoisotopic (exact) mass is 397 g/mol. The molecule has 0 unspecified atom stereocenters. The second-order valence-electron chi connectivity index (χ2n) is 5.97. The minimum Gasteiger partial charge on any atom is -0.404 e. The molecule has 27 heavy (non-hydrogen) atoms. The largest absolute Gasteiger partial charge is 0.404 e. The van der Waals surface area contributed by atoms with Crippen LogP contribution in [0.1, 0.15) is 5.56 Å². The number of rotatable bonds is 6. The molecule has 3 aromatic rings. The Morgan fingerprint density at radius 3 is 1.93 bits per heavy atom. The molecule has 0 fully saturated rings. The highest BCUT2D eigenvalue weighted by Gasteiger charge is 2.28. The summed E-state index contributed by atoms with van der Waals surface area (Å²) in [4.78, 5) is 20.8. The van der Waals surface area contributed by atoms with Crippen LogP contribution in [0.25, 0.3) is 6.08 Å².